The number of hydrogen-bond donors (Lipinski definition) is 0. The van der Waals surface area contributed by atoms with Crippen LogP contribution in [0.25, 0.3) is 0 Å². The Balaban J connectivity index is 2.96. The molecule has 0 bridgehead atoms. The minimum atomic E-state index is -1.99. The van der Waals surface area contributed by atoms with Crippen molar-refractivity contribution in [3.8, 4) is 0 Å². The van der Waals surface area contributed by atoms with Gasteiger partial charge in [-0.1, -0.05) is 13.8 Å². The minimum absolute atomic E-state index is 0.174. The lowest BCUT2D eigenvalue weighted by atomic mass is 9.75. The predicted molar refractivity (Wildman–Crippen MR) is 83.7 cm³/mol. The fraction of sp³-hybridized carbons (Fsp3) is 0.368. The Kier molecular flexibility index (Phi) is 4.70. The molecule has 0 spiro atoms. The summed E-state index contributed by atoms with van der Waals surface area (Å²) in [5.41, 5.74) is -4.48. The zero-order chi connectivity index (χ0) is 19.4. The zero-order valence-electron chi connectivity index (χ0n) is 14.8. The molecule has 0 aliphatic heterocycles. The normalized spacial score (nSPS) is 12.0. The van der Waals surface area contributed by atoms with Gasteiger partial charge in [0.2, 0.25) is 0 Å². The van der Waals surface area contributed by atoms with Crippen molar-refractivity contribution in [1.82, 2.24) is 0 Å². The molecule has 0 heterocycles. The van der Waals surface area contributed by atoms with Gasteiger partial charge in [0.25, 0.3) is 0 Å². The molecule has 136 valence electrons. The third-order valence-electron chi connectivity index (χ3n) is 4.96. The van der Waals surface area contributed by atoms with Crippen LogP contribution in [-0.2, 0) is 5.41 Å². The zero-order valence-corrected chi connectivity index (χ0v) is 14.8. The molecule has 0 aliphatic rings. The van der Waals surface area contributed by atoms with Crippen molar-refractivity contribution in [3.63, 3.8) is 0 Å². The molecule has 0 nitrogen and oxygen atoms in total. The molecule has 2 rings (SSSR count). The van der Waals surface area contributed by atoms with Gasteiger partial charge in [-0.3, -0.25) is 0 Å². The number of benzene rings is 2. The van der Waals surface area contributed by atoms with Crippen LogP contribution in [0.2, 0.25) is 0 Å². The highest BCUT2D eigenvalue weighted by Crippen LogP contribution is 2.41. The fourth-order valence-corrected chi connectivity index (χ4v) is 3.00. The van der Waals surface area contributed by atoms with Crippen LogP contribution < -0.4 is 0 Å². The van der Waals surface area contributed by atoms with E-state index >= 15 is 0 Å². The molecule has 0 fully saturated rings. The molecule has 0 N–H and O–H groups in total. The van der Waals surface area contributed by atoms with Gasteiger partial charge >= 0.3 is 0 Å². The first-order valence-electron chi connectivity index (χ1n) is 7.63. The van der Waals surface area contributed by atoms with Gasteiger partial charge in [0.15, 0.2) is 23.3 Å². The molecular formula is C19H18F6. The third kappa shape index (κ3) is 2.62. The second-order valence-electron chi connectivity index (χ2n) is 6.76. The van der Waals surface area contributed by atoms with Crippen molar-refractivity contribution in [2.24, 2.45) is 0 Å². The monoisotopic (exact) mass is 360 g/mol. The summed E-state index contributed by atoms with van der Waals surface area (Å²) < 4.78 is 86.5. The van der Waals surface area contributed by atoms with Crippen LogP contribution in [0.15, 0.2) is 0 Å². The maximum absolute atomic E-state index is 14.7. The van der Waals surface area contributed by atoms with Crippen LogP contribution in [0.5, 0.6) is 0 Å². The van der Waals surface area contributed by atoms with E-state index in [-0.39, 0.29) is 22.3 Å². The van der Waals surface area contributed by atoms with E-state index in [4.69, 9.17) is 0 Å². The average Bonchev–Trinajstić information content (AvgIpc) is 2.54. The number of halogens is 6. The first-order chi connectivity index (χ1) is 11.4. The second kappa shape index (κ2) is 6.07. The number of hydrogen-bond acceptors (Lipinski definition) is 0. The fourth-order valence-electron chi connectivity index (χ4n) is 3.00. The minimum Gasteiger partial charge on any atom is -0.206 e. The van der Waals surface area contributed by atoms with E-state index in [9.17, 15) is 26.3 Å². The highest BCUT2D eigenvalue weighted by molar-refractivity contribution is 5.48. The van der Waals surface area contributed by atoms with Crippen LogP contribution in [0, 0.1) is 62.6 Å². The summed E-state index contributed by atoms with van der Waals surface area (Å²) in [7, 11) is 0. The van der Waals surface area contributed by atoms with Crippen molar-refractivity contribution in [2.45, 2.75) is 47.0 Å². The summed E-state index contributed by atoms with van der Waals surface area (Å²) in [4.78, 5) is 0. The van der Waals surface area contributed by atoms with Crippen LogP contribution in [0.1, 0.15) is 47.2 Å². The van der Waals surface area contributed by atoms with Crippen LogP contribution >= 0.6 is 0 Å². The lowest BCUT2D eigenvalue weighted by Gasteiger charge is -2.30. The predicted octanol–water partition coefficient (Wildman–Crippen LogP) is 6.08. The first-order valence-corrected chi connectivity index (χ1v) is 7.63. The first kappa shape index (κ1) is 19.3. The summed E-state index contributed by atoms with van der Waals surface area (Å²) in [6.07, 6.45) is 0. The SMILES string of the molecule is Cc1c(C)c(F)c(C(C)(C)c2c(F)c(C)c(C)c(F)c2F)c(F)c1F. The highest BCUT2D eigenvalue weighted by Gasteiger charge is 2.39. The Morgan fingerprint density at radius 3 is 0.960 bits per heavy atom. The van der Waals surface area contributed by atoms with Gasteiger partial charge in [0, 0.05) is 16.5 Å². The van der Waals surface area contributed by atoms with Crippen LogP contribution in [0.4, 0.5) is 26.3 Å². The lowest BCUT2D eigenvalue weighted by molar-refractivity contribution is 0.406. The smallest absolute Gasteiger partial charge is 0.166 e. The third-order valence-corrected chi connectivity index (χ3v) is 4.96. The molecule has 6 heteroatoms. The van der Waals surface area contributed by atoms with Gasteiger partial charge < -0.3 is 0 Å². The molecule has 0 unspecified atom stereocenters. The summed E-state index contributed by atoms with van der Waals surface area (Å²) in [5.74, 6) is -7.90. The summed E-state index contributed by atoms with van der Waals surface area (Å²) in [6.45, 7) is 7.12. The number of rotatable bonds is 2. The van der Waals surface area contributed by atoms with Gasteiger partial charge in [-0.25, -0.2) is 26.3 Å². The van der Waals surface area contributed by atoms with E-state index < -0.39 is 51.4 Å². The van der Waals surface area contributed by atoms with Crippen molar-refractivity contribution in [3.05, 3.63) is 68.3 Å². The van der Waals surface area contributed by atoms with E-state index in [2.05, 4.69) is 0 Å². The Hall–Kier alpha value is -1.98. The molecular weight excluding hydrogens is 342 g/mol. The molecule has 0 saturated heterocycles. The maximum atomic E-state index is 14.7. The van der Waals surface area contributed by atoms with Gasteiger partial charge in [-0.2, -0.15) is 0 Å². The molecule has 0 radical (unpaired) electrons. The van der Waals surface area contributed by atoms with Gasteiger partial charge in [-0.15, -0.1) is 0 Å². The molecule has 2 aromatic carbocycles. The largest absolute Gasteiger partial charge is 0.206 e. The standard InChI is InChI=1S/C19H18F6/c1-7-9(3)15(22)17(24)11(13(7)20)19(5,6)12-14(21)8(2)10(4)16(23)18(12)25/h1-6H3. The van der Waals surface area contributed by atoms with E-state index in [1.165, 1.54) is 27.7 Å². The summed E-state index contributed by atoms with van der Waals surface area (Å²) in [5, 5.41) is 0. The molecule has 0 amide bonds. The van der Waals surface area contributed by atoms with Crippen LogP contribution in [0.3, 0.4) is 0 Å². The molecule has 0 aromatic heterocycles. The van der Waals surface area contributed by atoms with Crippen molar-refractivity contribution in [2.75, 3.05) is 0 Å². The van der Waals surface area contributed by atoms with E-state index in [1.54, 1.807) is 0 Å². The second-order valence-corrected chi connectivity index (χ2v) is 6.76. The van der Waals surface area contributed by atoms with Gasteiger partial charge in [0.05, 0.1) is 0 Å². The molecule has 0 aliphatic carbocycles. The van der Waals surface area contributed by atoms with E-state index in [1.807, 2.05) is 0 Å². The van der Waals surface area contributed by atoms with E-state index in [0.717, 1.165) is 13.8 Å². The molecule has 0 saturated carbocycles. The van der Waals surface area contributed by atoms with Crippen molar-refractivity contribution in [1.29, 1.82) is 0 Å². The van der Waals surface area contributed by atoms with Gasteiger partial charge in [-0.05, 0) is 49.9 Å². The van der Waals surface area contributed by atoms with Crippen LogP contribution in [-0.4, -0.2) is 0 Å². The molecule has 2 aromatic rings. The molecule has 25 heavy (non-hydrogen) atoms. The summed E-state index contributed by atoms with van der Waals surface area (Å²) >= 11 is 0. The Morgan fingerprint density at radius 2 is 0.680 bits per heavy atom. The van der Waals surface area contributed by atoms with E-state index in [0.29, 0.717) is 0 Å². The Bertz CT molecular complexity index is 751. The Labute approximate surface area is 142 Å². The van der Waals surface area contributed by atoms with Crippen molar-refractivity contribution < 1.29 is 26.3 Å². The maximum Gasteiger partial charge on any atom is 0.166 e. The average molecular weight is 360 g/mol. The summed E-state index contributed by atoms with van der Waals surface area (Å²) in [6, 6.07) is 0. The molecule has 0 atom stereocenters. The quantitative estimate of drug-likeness (QED) is 0.450. The topological polar surface area (TPSA) is 0 Å². The van der Waals surface area contributed by atoms with Crippen molar-refractivity contribution >= 4 is 0 Å². The highest BCUT2D eigenvalue weighted by atomic mass is 19.2. The Morgan fingerprint density at radius 1 is 0.440 bits per heavy atom. The van der Waals surface area contributed by atoms with Gasteiger partial charge in [0.1, 0.15) is 11.6 Å². The lowest BCUT2D eigenvalue weighted by Crippen LogP contribution is -2.28.